The van der Waals surface area contributed by atoms with Gasteiger partial charge < -0.3 is 14.2 Å². The van der Waals surface area contributed by atoms with Crippen LogP contribution in [0.4, 0.5) is 5.69 Å². The number of nitrogens with zero attached hydrogens (tertiary/aromatic N) is 2. The molecule has 0 aliphatic heterocycles. The van der Waals surface area contributed by atoms with Gasteiger partial charge in [-0.25, -0.2) is 10.2 Å². The second-order valence-electron chi connectivity index (χ2n) is 6.49. The Balaban J connectivity index is 1.48. The number of hydrazone groups is 1. The van der Waals surface area contributed by atoms with Crippen LogP contribution in [0.1, 0.15) is 15.9 Å². The van der Waals surface area contributed by atoms with Crippen molar-refractivity contribution in [2.75, 3.05) is 13.7 Å². The number of rotatable bonds is 9. The van der Waals surface area contributed by atoms with Crippen LogP contribution in [0.3, 0.4) is 0 Å². The van der Waals surface area contributed by atoms with Crippen molar-refractivity contribution >= 4 is 23.8 Å². The molecule has 0 bridgehead atoms. The minimum absolute atomic E-state index is 0.0126. The molecule has 3 aromatic rings. The maximum absolute atomic E-state index is 12.2. The van der Waals surface area contributed by atoms with Crippen molar-refractivity contribution in [2.45, 2.75) is 0 Å². The fourth-order valence-electron chi connectivity index (χ4n) is 2.60. The van der Waals surface area contributed by atoms with E-state index in [1.807, 2.05) is 0 Å². The third kappa shape index (κ3) is 6.62. The van der Waals surface area contributed by atoms with Crippen molar-refractivity contribution in [1.82, 2.24) is 5.43 Å². The molecule has 0 unspecified atom stereocenters. The third-order valence-corrected chi connectivity index (χ3v) is 4.24. The van der Waals surface area contributed by atoms with Gasteiger partial charge in [0.05, 0.1) is 23.8 Å². The van der Waals surface area contributed by atoms with E-state index in [1.54, 1.807) is 54.6 Å². The lowest BCUT2D eigenvalue weighted by molar-refractivity contribution is -0.385. The molecule has 3 rings (SSSR count). The molecule has 10 heteroatoms. The maximum Gasteiger partial charge on any atom is 0.343 e. The first kappa shape index (κ1) is 22.9. The van der Waals surface area contributed by atoms with E-state index < -0.39 is 23.4 Å². The lowest BCUT2D eigenvalue weighted by Crippen LogP contribution is -2.24. The quantitative estimate of drug-likeness (QED) is 0.174. The summed E-state index contributed by atoms with van der Waals surface area (Å²) in [5.74, 6) is -0.133. The van der Waals surface area contributed by atoms with E-state index in [-0.39, 0.29) is 11.4 Å². The molecule has 0 fully saturated rings. The Hall–Kier alpha value is -4.73. The Morgan fingerprint density at radius 2 is 1.67 bits per heavy atom. The first-order valence-electron chi connectivity index (χ1n) is 9.60. The number of carbonyl (C=O) groups is 2. The molecule has 1 N–H and O–H groups in total. The monoisotopic (exact) mass is 449 g/mol. The van der Waals surface area contributed by atoms with E-state index in [4.69, 9.17) is 14.2 Å². The van der Waals surface area contributed by atoms with E-state index in [9.17, 15) is 19.7 Å². The molecule has 0 atom stereocenters. The fraction of sp³-hybridized carbons (Fsp3) is 0.0870. The van der Waals surface area contributed by atoms with Gasteiger partial charge >= 0.3 is 11.7 Å². The highest BCUT2D eigenvalue weighted by Gasteiger charge is 2.14. The summed E-state index contributed by atoms with van der Waals surface area (Å²) in [6, 6.07) is 18.7. The summed E-state index contributed by atoms with van der Waals surface area (Å²) in [4.78, 5) is 34.4. The highest BCUT2D eigenvalue weighted by atomic mass is 16.6. The predicted molar refractivity (Wildman–Crippen MR) is 119 cm³/mol. The number of amides is 1. The van der Waals surface area contributed by atoms with Gasteiger partial charge in [0.2, 0.25) is 0 Å². The number of hydrogen-bond acceptors (Lipinski definition) is 8. The van der Waals surface area contributed by atoms with Gasteiger partial charge in [-0.05, 0) is 60.2 Å². The fourth-order valence-corrected chi connectivity index (χ4v) is 2.60. The summed E-state index contributed by atoms with van der Waals surface area (Å²) in [5, 5.41) is 14.8. The Labute approximate surface area is 188 Å². The highest BCUT2D eigenvalue weighted by molar-refractivity contribution is 5.91. The van der Waals surface area contributed by atoms with E-state index in [0.29, 0.717) is 22.6 Å². The van der Waals surface area contributed by atoms with Crippen molar-refractivity contribution in [1.29, 1.82) is 0 Å². The minimum Gasteiger partial charge on any atom is -0.497 e. The number of nitrogens with one attached hydrogen (secondary N) is 1. The van der Waals surface area contributed by atoms with Crippen LogP contribution in [0.2, 0.25) is 0 Å². The van der Waals surface area contributed by atoms with Crippen molar-refractivity contribution < 1.29 is 28.7 Å². The Bertz CT molecular complexity index is 1160. The number of para-hydroxylation sites is 2. The van der Waals surface area contributed by atoms with Crippen LogP contribution in [0.15, 0.2) is 77.9 Å². The average molecular weight is 449 g/mol. The number of carbonyl (C=O) groups excluding carboxylic acids is 2. The largest absolute Gasteiger partial charge is 0.497 e. The van der Waals surface area contributed by atoms with E-state index >= 15 is 0 Å². The first-order valence-corrected chi connectivity index (χ1v) is 9.60. The molecule has 0 saturated heterocycles. The molecule has 168 valence electrons. The molecule has 0 aliphatic carbocycles. The number of ether oxygens (including phenoxy) is 3. The van der Waals surface area contributed by atoms with Crippen LogP contribution in [0.5, 0.6) is 17.2 Å². The summed E-state index contributed by atoms with van der Waals surface area (Å²) in [5.41, 5.74) is 3.05. The number of nitro benzene ring substituents is 1. The van der Waals surface area contributed by atoms with Gasteiger partial charge in [-0.2, -0.15) is 5.10 Å². The smallest absolute Gasteiger partial charge is 0.343 e. The average Bonchev–Trinajstić information content (AvgIpc) is 2.84. The molecule has 0 radical (unpaired) electrons. The minimum atomic E-state index is -0.594. The standard InChI is InChI=1S/C23H19N3O7/c1-31-18-12-8-17(9-13-18)23(28)33-19-10-6-16(7-11-19)14-24-25-22(27)15-32-21-5-3-2-4-20(21)26(29)30/h2-14H,15H2,1H3,(H,25,27)/b24-14+. The molecular weight excluding hydrogens is 430 g/mol. The van der Waals surface area contributed by atoms with Gasteiger partial charge in [-0.3, -0.25) is 14.9 Å². The molecule has 1 amide bonds. The Morgan fingerprint density at radius 1 is 1.00 bits per heavy atom. The van der Waals surface area contributed by atoms with Crippen molar-refractivity contribution in [3.63, 3.8) is 0 Å². The van der Waals surface area contributed by atoms with E-state index in [0.717, 1.165) is 0 Å². The Morgan fingerprint density at radius 3 is 2.33 bits per heavy atom. The first-order chi connectivity index (χ1) is 16.0. The summed E-state index contributed by atoms with van der Waals surface area (Å²) in [7, 11) is 1.54. The lowest BCUT2D eigenvalue weighted by atomic mass is 10.2. The van der Waals surface area contributed by atoms with E-state index in [1.165, 1.54) is 31.5 Å². The molecule has 0 saturated carbocycles. The van der Waals surface area contributed by atoms with Crippen LogP contribution < -0.4 is 19.6 Å². The summed E-state index contributed by atoms with van der Waals surface area (Å²) < 4.78 is 15.5. The molecule has 0 aliphatic rings. The zero-order valence-electron chi connectivity index (χ0n) is 17.5. The molecule has 10 nitrogen and oxygen atoms in total. The molecule has 3 aromatic carbocycles. The van der Waals surface area contributed by atoms with Crippen LogP contribution >= 0.6 is 0 Å². The van der Waals surface area contributed by atoms with Gasteiger partial charge in [0.1, 0.15) is 11.5 Å². The molecule has 33 heavy (non-hydrogen) atoms. The summed E-state index contributed by atoms with van der Waals surface area (Å²) in [6.45, 7) is -0.442. The number of nitro groups is 1. The number of methoxy groups -OCH3 is 1. The van der Waals surface area contributed by atoms with Crippen LogP contribution in [-0.4, -0.2) is 36.7 Å². The Kier molecular flexibility index (Phi) is 7.68. The normalized spacial score (nSPS) is 10.5. The van der Waals surface area contributed by atoms with Gasteiger partial charge in [-0.15, -0.1) is 0 Å². The highest BCUT2D eigenvalue weighted by Crippen LogP contribution is 2.25. The molecule has 0 heterocycles. The van der Waals surface area contributed by atoms with Crippen molar-refractivity contribution in [3.8, 4) is 17.2 Å². The summed E-state index contributed by atoms with van der Waals surface area (Å²) >= 11 is 0. The molecular formula is C23H19N3O7. The van der Waals surface area contributed by atoms with Gasteiger partial charge in [-0.1, -0.05) is 12.1 Å². The predicted octanol–water partition coefficient (Wildman–Crippen LogP) is 3.35. The number of esters is 1. The SMILES string of the molecule is COc1ccc(C(=O)Oc2ccc(/C=N/NC(=O)COc3ccccc3[N+](=O)[O-])cc2)cc1. The van der Waals surface area contributed by atoms with Gasteiger partial charge in [0.25, 0.3) is 5.91 Å². The van der Waals surface area contributed by atoms with Gasteiger partial charge in [0, 0.05) is 6.07 Å². The van der Waals surface area contributed by atoms with Crippen molar-refractivity contribution in [3.05, 3.63) is 94.0 Å². The molecule has 0 aromatic heterocycles. The van der Waals surface area contributed by atoms with Gasteiger partial charge in [0.15, 0.2) is 12.4 Å². The zero-order chi connectivity index (χ0) is 23.6. The topological polar surface area (TPSA) is 129 Å². The third-order valence-electron chi connectivity index (χ3n) is 4.24. The molecule has 0 spiro atoms. The number of benzene rings is 3. The number of hydrogen-bond donors (Lipinski definition) is 1. The van der Waals surface area contributed by atoms with Crippen LogP contribution in [0.25, 0.3) is 0 Å². The van der Waals surface area contributed by atoms with E-state index in [2.05, 4.69) is 10.5 Å². The zero-order valence-corrected chi connectivity index (χ0v) is 17.5. The van der Waals surface area contributed by atoms with Crippen LogP contribution in [0, 0.1) is 10.1 Å². The van der Waals surface area contributed by atoms with Crippen LogP contribution in [-0.2, 0) is 4.79 Å². The summed E-state index contributed by atoms with van der Waals surface area (Å²) in [6.07, 6.45) is 1.39. The second kappa shape index (κ2) is 11.0. The lowest BCUT2D eigenvalue weighted by Gasteiger charge is -2.06. The second-order valence-corrected chi connectivity index (χ2v) is 6.49. The van der Waals surface area contributed by atoms with Crippen molar-refractivity contribution in [2.24, 2.45) is 5.10 Å². The maximum atomic E-state index is 12.2.